The summed E-state index contributed by atoms with van der Waals surface area (Å²) in [6, 6.07) is 14.8. The molecule has 2 N–H and O–H groups in total. The Labute approximate surface area is 190 Å². The third-order valence-corrected chi connectivity index (χ3v) is 4.76. The van der Waals surface area contributed by atoms with Gasteiger partial charge in [0.05, 0.1) is 6.42 Å². The zero-order valence-corrected chi connectivity index (χ0v) is 19.4. The van der Waals surface area contributed by atoms with Crippen LogP contribution in [0.5, 0.6) is 0 Å². The standard InChI is InChI=1S/C25H33N3O4/c1-17(2)26-25(31)28(18(3)4)22(24(30)27-21-13-11-19(5)12-14-21)15-23(29)32-16-20-9-7-6-8-10-20/h6-14,17-18,22H,15-16H2,1-5H3,(H,26,31)(H,27,30). The van der Waals surface area contributed by atoms with Crippen LogP contribution < -0.4 is 10.6 Å². The van der Waals surface area contributed by atoms with Gasteiger partial charge in [-0.15, -0.1) is 0 Å². The van der Waals surface area contributed by atoms with Crippen LogP contribution >= 0.6 is 0 Å². The smallest absolute Gasteiger partial charge is 0.318 e. The van der Waals surface area contributed by atoms with Gasteiger partial charge in [0.1, 0.15) is 12.6 Å². The lowest BCUT2D eigenvalue weighted by molar-refractivity contribution is -0.147. The summed E-state index contributed by atoms with van der Waals surface area (Å²) >= 11 is 0. The predicted molar refractivity (Wildman–Crippen MR) is 125 cm³/mol. The molecule has 1 unspecified atom stereocenters. The summed E-state index contributed by atoms with van der Waals surface area (Å²) in [5, 5.41) is 5.64. The Morgan fingerprint density at radius 2 is 1.56 bits per heavy atom. The van der Waals surface area contributed by atoms with Crippen molar-refractivity contribution in [1.29, 1.82) is 0 Å². The summed E-state index contributed by atoms with van der Waals surface area (Å²) in [7, 11) is 0. The molecule has 0 saturated heterocycles. The van der Waals surface area contributed by atoms with Crippen molar-refractivity contribution >= 4 is 23.6 Å². The molecule has 0 radical (unpaired) electrons. The number of nitrogens with one attached hydrogen (secondary N) is 2. The molecule has 0 saturated carbocycles. The first kappa shape index (κ1) is 24.9. The van der Waals surface area contributed by atoms with Crippen LogP contribution in [-0.4, -0.2) is 40.9 Å². The molecule has 3 amide bonds. The fraction of sp³-hybridized carbons (Fsp3) is 0.400. The van der Waals surface area contributed by atoms with Gasteiger partial charge in [0.2, 0.25) is 5.91 Å². The van der Waals surface area contributed by atoms with E-state index in [0.717, 1.165) is 11.1 Å². The van der Waals surface area contributed by atoms with Gasteiger partial charge < -0.3 is 20.3 Å². The van der Waals surface area contributed by atoms with Crippen molar-refractivity contribution < 1.29 is 19.1 Å². The average Bonchev–Trinajstić information content (AvgIpc) is 2.73. The van der Waals surface area contributed by atoms with E-state index in [9.17, 15) is 14.4 Å². The Kier molecular flexibility index (Phi) is 9.25. The molecular formula is C25H33N3O4. The average molecular weight is 440 g/mol. The molecule has 2 aromatic rings. The maximum atomic E-state index is 13.2. The van der Waals surface area contributed by atoms with Crippen molar-refractivity contribution in [3.8, 4) is 0 Å². The summed E-state index contributed by atoms with van der Waals surface area (Å²) in [4.78, 5) is 40.1. The number of carbonyl (C=O) groups is 3. The molecular weight excluding hydrogens is 406 g/mol. The van der Waals surface area contributed by atoms with Crippen molar-refractivity contribution in [2.24, 2.45) is 0 Å². The van der Waals surface area contributed by atoms with E-state index in [1.807, 2.05) is 63.2 Å². The lowest BCUT2D eigenvalue weighted by Crippen LogP contribution is -2.56. The number of esters is 1. The van der Waals surface area contributed by atoms with Crippen molar-refractivity contribution in [3.63, 3.8) is 0 Å². The number of amides is 3. The van der Waals surface area contributed by atoms with Gasteiger partial charge in [-0.2, -0.15) is 0 Å². The summed E-state index contributed by atoms with van der Waals surface area (Å²) in [5.41, 5.74) is 2.50. The van der Waals surface area contributed by atoms with Crippen molar-refractivity contribution in [3.05, 3.63) is 65.7 Å². The minimum atomic E-state index is -1.03. The number of carbonyl (C=O) groups excluding carboxylic acids is 3. The van der Waals surface area contributed by atoms with Crippen LogP contribution in [0.15, 0.2) is 54.6 Å². The van der Waals surface area contributed by atoms with E-state index in [2.05, 4.69) is 10.6 Å². The first-order valence-corrected chi connectivity index (χ1v) is 10.8. The highest BCUT2D eigenvalue weighted by Gasteiger charge is 2.34. The first-order valence-electron chi connectivity index (χ1n) is 10.8. The van der Waals surface area contributed by atoms with Gasteiger partial charge in [-0.1, -0.05) is 48.0 Å². The zero-order valence-electron chi connectivity index (χ0n) is 19.4. The first-order chi connectivity index (χ1) is 15.2. The number of anilines is 1. The van der Waals surface area contributed by atoms with Crippen molar-refractivity contribution in [2.75, 3.05) is 5.32 Å². The summed E-state index contributed by atoms with van der Waals surface area (Å²) in [5.74, 6) is -1.00. The Morgan fingerprint density at radius 3 is 2.12 bits per heavy atom. The number of benzene rings is 2. The highest BCUT2D eigenvalue weighted by molar-refractivity contribution is 5.99. The zero-order chi connectivity index (χ0) is 23.7. The molecule has 0 bridgehead atoms. The number of urea groups is 1. The number of aryl methyl sites for hydroxylation is 1. The molecule has 0 heterocycles. The minimum Gasteiger partial charge on any atom is -0.461 e. The Hall–Kier alpha value is -3.35. The van der Waals surface area contributed by atoms with Crippen LogP contribution in [0.3, 0.4) is 0 Å². The second kappa shape index (κ2) is 11.9. The van der Waals surface area contributed by atoms with Crippen LogP contribution in [0.4, 0.5) is 10.5 Å². The van der Waals surface area contributed by atoms with E-state index >= 15 is 0 Å². The van der Waals surface area contributed by atoms with E-state index in [4.69, 9.17) is 4.74 Å². The largest absolute Gasteiger partial charge is 0.461 e. The molecule has 0 aliphatic rings. The van der Waals surface area contributed by atoms with Gasteiger partial charge >= 0.3 is 12.0 Å². The Morgan fingerprint density at radius 1 is 0.938 bits per heavy atom. The Balaban J connectivity index is 2.21. The van der Waals surface area contributed by atoms with Crippen LogP contribution in [0, 0.1) is 6.92 Å². The van der Waals surface area contributed by atoms with Crippen LogP contribution in [0.1, 0.15) is 45.2 Å². The molecule has 0 aromatic heterocycles. The van der Waals surface area contributed by atoms with Gasteiger partial charge in [0, 0.05) is 17.8 Å². The third-order valence-electron chi connectivity index (χ3n) is 4.76. The Bertz CT molecular complexity index is 895. The summed E-state index contributed by atoms with van der Waals surface area (Å²) in [6.07, 6.45) is -0.256. The fourth-order valence-electron chi connectivity index (χ4n) is 3.19. The normalized spacial score (nSPS) is 11.7. The van der Waals surface area contributed by atoms with E-state index in [0.29, 0.717) is 5.69 Å². The van der Waals surface area contributed by atoms with E-state index in [1.54, 1.807) is 26.0 Å². The maximum Gasteiger partial charge on any atom is 0.318 e. The summed E-state index contributed by atoms with van der Waals surface area (Å²) < 4.78 is 5.39. The lowest BCUT2D eigenvalue weighted by atomic mass is 10.1. The van der Waals surface area contributed by atoms with Crippen LogP contribution in [0.2, 0.25) is 0 Å². The molecule has 172 valence electrons. The lowest BCUT2D eigenvalue weighted by Gasteiger charge is -2.34. The monoisotopic (exact) mass is 439 g/mol. The highest BCUT2D eigenvalue weighted by atomic mass is 16.5. The maximum absolute atomic E-state index is 13.2. The molecule has 32 heavy (non-hydrogen) atoms. The molecule has 2 aromatic carbocycles. The number of rotatable bonds is 9. The highest BCUT2D eigenvalue weighted by Crippen LogP contribution is 2.16. The van der Waals surface area contributed by atoms with Gasteiger partial charge in [-0.05, 0) is 52.3 Å². The molecule has 2 rings (SSSR count). The van der Waals surface area contributed by atoms with E-state index in [-0.39, 0.29) is 25.1 Å². The molecule has 0 aliphatic heterocycles. The van der Waals surface area contributed by atoms with Gasteiger partial charge in [-0.25, -0.2) is 4.79 Å². The predicted octanol–water partition coefficient (Wildman–Crippen LogP) is 4.26. The minimum absolute atomic E-state index is 0.103. The third kappa shape index (κ3) is 7.72. The topological polar surface area (TPSA) is 87.7 Å². The van der Waals surface area contributed by atoms with Gasteiger partial charge in [0.25, 0.3) is 0 Å². The van der Waals surface area contributed by atoms with Crippen molar-refractivity contribution in [1.82, 2.24) is 10.2 Å². The second-order valence-electron chi connectivity index (χ2n) is 8.33. The summed E-state index contributed by atoms with van der Waals surface area (Å²) in [6.45, 7) is 9.35. The van der Waals surface area contributed by atoms with Crippen molar-refractivity contribution in [2.45, 2.75) is 65.8 Å². The van der Waals surface area contributed by atoms with E-state index in [1.165, 1.54) is 4.90 Å². The number of hydrogen-bond acceptors (Lipinski definition) is 4. The van der Waals surface area contributed by atoms with Crippen LogP contribution in [0.25, 0.3) is 0 Å². The molecule has 0 spiro atoms. The quantitative estimate of drug-likeness (QED) is 0.572. The number of ether oxygens (including phenoxy) is 1. The van der Waals surface area contributed by atoms with Gasteiger partial charge in [0.15, 0.2) is 0 Å². The SMILES string of the molecule is Cc1ccc(NC(=O)C(CC(=O)OCc2ccccc2)N(C(=O)NC(C)C)C(C)C)cc1. The molecule has 0 fully saturated rings. The molecule has 7 nitrogen and oxygen atoms in total. The fourth-order valence-corrected chi connectivity index (χ4v) is 3.19. The molecule has 1 atom stereocenters. The van der Waals surface area contributed by atoms with Gasteiger partial charge in [-0.3, -0.25) is 9.59 Å². The van der Waals surface area contributed by atoms with Crippen LogP contribution in [-0.2, 0) is 20.9 Å². The van der Waals surface area contributed by atoms with E-state index < -0.39 is 23.9 Å². The number of hydrogen-bond donors (Lipinski definition) is 2. The molecule has 0 aliphatic carbocycles. The number of nitrogens with zero attached hydrogens (tertiary/aromatic N) is 1. The molecule has 7 heteroatoms. The second-order valence-corrected chi connectivity index (χ2v) is 8.33.